The lowest BCUT2D eigenvalue weighted by Crippen LogP contribution is -2.54. The number of likely N-dealkylation sites (tertiary alicyclic amines) is 1. The number of thioether (sulfide) groups is 1. The average Bonchev–Trinajstić information content (AvgIpc) is 3.00. The van der Waals surface area contributed by atoms with Gasteiger partial charge in [-0.05, 0) is 44.2 Å². The number of carbonyl (C=O) groups is 2. The predicted octanol–water partition coefficient (Wildman–Crippen LogP) is 4.25. The summed E-state index contributed by atoms with van der Waals surface area (Å²) in [7, 11) is 0. The number of anilines is 1. The summed E-state index contributed by atoms with van der Waals surface area (Å²) >= 11 is 1.90. The van der Waals surface area contributed by atoms with E-state index in [-0.39, 0.29) is 16.8 Å². The number of urea groups is 1. The normalized spacial score (nSPS) is 19.0. The molecule has 0 aromatic heterocycles. The van der Waals surface area contributed by atoms with E-state index in [2.05, 4.69) is 30.1 Å². The molecule has 27 heavy (non-hydrogen) atoms. The van der Waals surface area contributed by atoms with E-state index in [1.54, 1.807) is 0 Å². The zero-order chi connectivity index (χ0) is 19.6. The van der Waals surface area contributed by atoms with Gasteiger partial charge in [0.2, 0.25) is 5.91 Å². The van der Waals surface area contributed by atoms with Crippen molar-refractivity contribution in [2.24, 2.45) is 5.92 Å². The number of amides is 3. The number of benzene rings is 1. The molecule has 2 aliphatic heterocycles. The number of aryl methyl sites for hydroxylation is 2. The van der Waals surface area contributed by atoms with Crippen molar-refractivity contribution < 1.29 is 9.59 Å². The highest BCUT2D eigenvalue weighted by molar-refractivity contribution is 8.00. The molecule has 0 atom stereocenters. The Morgan fingerprint density at radius 3 is 2.52 bits per heavy atom. The molecule has 0 saturated carbocycles. The average molecular weight is 390 g/mol. The van der Waals surface area contributed by atoms with Gasteiger partial charge in [0.1, 0.15) is 0 Å². The fourth-order valence-electron chi connectivity index (χ4n) is 4.04. The Bertz CT molecular complexity index is 711. The molecule has 5 nitrogen and oxygen atoms in total. The van der Waals surface area contributed by atoms with Crippen molar-refractivity contribution in [1.29, 1.82) is 0 Å². The Morgan fingerprint density at radius 1 is 1.19 bits per heavy atom. The lowest BCUT2D eigenvalue weighted by molar-refractivity contribution is -0.135. The topological polar surface area (TPSA) is 52.7 Å². The Kier molecular flexibility index (Phi) is 6.04. The summed E-state index contributed by atoms with van der Waals surface area (Å²) in [4.78, 5) is 29.2. The minimum atomic E-state index is -0.109. The van der Waals surface area contributed by atoms with E-state index < -0.39 is 0 Å². The molecule has 3 amide bonds. The van der Waals surface area contributed by atoms with Gasteiger partial charge in [0.15, 0.2) is 0 Å². The van der Waals surface area contributed by atoms with Gasteiger partial charge in [-0.25, -0.2) is 4.79 Å². The standard InChI is InChI=1S/C21H31N3O2S/c1-15(2)13-19(25)24-11-12-27-21(24)7-9-23(10-8-21)20(26)22-18-6-5-16(3)14-17(18)4/h5-6,14-15H,7-13H2,1-4H3,(H,22,26). The zero-order valence-electron chi connectivity index (χ0n) is 16.9. The SMILES string of the molecule is Cc1ccc(NC(=O)N2CCC3(CC2)SCCN3C(=O)CC(C)C)c(C)c1. The molecule has 0 unspecified atom stereocenters. The van der Waals surface area contributed by atoms with E-state index in [9.17, 15) is 9.59 Å². The Balaban J connectivity index is 1.60. The summed E-state index contributed by atoms with van der Waals surface area (Å²) in [6.07, 6.45) is 2.31. The molecule has 2 aliphatic rings. The number of hydrogen-bond donors (Lipinski definition) is 1. The lowest BCUT2D eigenvalue weighted by Gasteiger charge is -2.44. The molecule has 1 aromatic rings. The minimum Gasteiger partial charge on any atom is -0.327 e. The first-order valence-electron chi connectivity index (χ1n) is 9.88. The first-order valence-corrected chi connectivity index (χ1v) is 10.9. The lowest BCUT2D eigenvalue weighted by atomic mass is 10.0. The van der Waals surface area contributed by atoms with Crippen molar-refractivity contribution in [2.45, 2.75) is 51.8 Å². The fourth-order valence-corrected chi connectivity index (χ4v) is 5.52. The third-order valence-electron chi connectivity index (χ3n) is 5.52. The Labute approximate surface area is 166 Å². The van der Waals surface area contributed by atoms with Crippen LogP contribution in [0.3, 0.4) is 0 Å². The van der Waals surface area contributed by atoms with Crippen LogP contribution in [0.1, 0.15) is 44.2 Å². The van der Waals surface area contributed by atoms with Crippen LogP contribution in [0.5, 0.6) is 0 Å². The molecule has 3 rings (SSSR count). The van der Waals surface area contributed by atoms with E-state index in [0.29, 0.717) is 25.4 Å². The minimum absolute atomic E-state index is 0.0418. The highest BCUT2D eigenvalue weighted by atomic mass is 32.2. The van der Waals surface area contributed by atoms with Crippen LogP contribution in [0.2, 0.25) is 0 Å². The zero-order valence-corrected chi connectivity index (χ0v) is 17.7. The molecule has 1 N–H and O–H groups in total. The first kappa shape index (κ1) is 20.1. The van der Waals surface area contributed by atoms with E-state index >= 15 is 0 Å². The molecule has 0 radical (unpaired) electrons. The van der Waals surface area contributed by atoms with Crippen LogP contribution >= 0.6 is 11.8 Å². The third-order valence-corrected chi connectivity index (χ3v) is 7.07. The summed E-state index contributed by atoms with van der Waals surface area (Å²) in [5.74, 6) is 1.64. The smallest absolute Gasteiger partial charge is 0.321 e. The van der Waals surface area contributed by atoms with E-state index in [1.165, 1.54) is 5.56 Å². The van der Waals surface area contributed by atoms with Crippen LogP contribution in [0.25, 0.3) is 0 Å². The van der Waals surface area contributed by atoms with Crippen molar-refractivity contribution in [3.05, 3.63) is 29.3 Å². The van der Waals surface area contributed by atoms with Crippen LogP contribution < -0.4 is 5.32 Å². The summed E-state index contributed by atoms with van der Waals surface area (Å²) < 4.78 is 0. The van der Waals surface area contributed by atoms with Crippen molar-refractivity contribution in [3.63, 3.8) is 0 Å². The van der Waals surface area contributed by atoms with Crippen molar-refractivity contribution in [1.82, 2.24) is 9.80 Å². The van der Waals surface area contributed by atoms with Gasteiger partial charge >= 0.3 is 6.03 Å². The monoisotopic (exact) mass is 389 g/mol. The molecular formula is C21H31N3O2S. The molecule has 0 bridgehead atoms. The molecule has 0 aliphatic carbocycles. The second-order valence-electron chi connectivity index (χ2n) is 8.17. The molecule has 1 aromatic carbocycles. The van der Waals surface area contributed by atoms with Gasteiger partial charge in [0, 0.05) is 37.5 Å². The first-order chi connectivity index (χ1) is 12.8. The number of nitrogens with one attached hydrogen (secondary N) is 1. The molecule has 6 heteroatoms. The summed E-state index contributed by atoms with van der Waals surface area (Å²) in [5, 5.41) is 3.05. The largest absolute Gasteiger partial charge is 0.327 e. The molecule has 1 spiro atoms. The number of hydrogen-bond acceptors (Lipinski definition) is 3. The van der Waals surface area contributed by atoms with Crippen LogP contribution in [-0.4, -0.2) is 52.0 Å². The molecule has 2 heterocycles. The summed E-state index contributed by atoms with van der Waals surface area (Å²) in [6.45, 7) is 10.5. The predicted molar refractivity (Wildman–Crippen MR) is 112 cm³/mol. The molecular weight excluding hydrogens is 358 g/mol. The molecule has 2 saturated heterocycles. The number of carbonyl (C=O) groups excluding carboxylic acids is 2. The van der Waals surface area contributed by atoms with Gasteiger partial charge in [-0.1, -0.05) is 31.5 Å². The Hall–Kier alpha value is -1.69. The van der Waals surface area contributed by atoms with Crippen LogP contribution in [0.4, 0.5) is 10.5 Å². The van der Waals surface area contributed by atoms with Gasteiger partial charge in [-0.15, -0.1) is 11.8 Å². The maximum atomic E-state index is 12.7. The van der Waals surface area contributed by atoms with E-state index in [0.717, 1.165) is 36.4 Å². The third kappa shape index (κ3) is 4.42. The Morgan fingerprint density at radius 2 is 1.89 bits per heavy atom. The van der Waals surface area contributed by atoms with Crippen molar-refractivity contribution in [3.8, 4) is 0 Å². The number of rotatable bonds is 3. The van der Waals surface area contributed by atoms with Gasteiger partial charge in [-0.3, -0.25) is 4.79 Å². The van der Waals surface area contributed by atoms with Crippen LogP contribution in [0.15, 0.2) is 18.2 Å². The van der Waals surface area contributed by atoms with Gasteiger partial charge in [0.25, 0.3) is 0 Å². The molecule has 148 valence electrons. The highest BCUT2D eigenvalue weighted by Crippen LogP contribution is 2.44. The van der Waals surface area contributed by atoms with Crippen molar-refractivity contribution in [2.75, 3.05) is 30.7 Å². The van der Waals surface area contributed by atoms with Gasteiger partial charge in [-0.2, -0.15) is 0 Å². The number of nitrogens with zero attached hydrogens (tertiary/aromatic N) is 2. The van der Waals surface area contributed by atoms with Gasteiger partial charge in [0.05, 0.1) is 4.87 Å². The quantitative estimate of drug-likeness (QED) is 0.841. The maximum Gasteiger partial charge on any atom is 0.321 e. The van der Waals surface area contributed by atoms with Crippen LogP contribution in [-0.2, 0) is 4.79 Å². The van der Waals surface area contributed by atoms with E-state index in [4.69, 9.17) is 0 Å². The highest BCUT2D eigenvalue weighted by Gasteiger charge is 2.46. The summed E-state index contributed by atoms with van der Waals surface area (Å²) in [5.41, 5.74) is 3.14. The second kappa shape index (κ2) is 8.13. The van der Waals surface area contributed by atoms with Crippen molar-refractivity contribution >= 4 is 29.4 Å². The van der Waals surface area contributed by atoms with Gasteiger partial charge < -0.3 is 15.1 Å². The number of piperidine rings is 1. The van der Waals surface area contributed by atoms with Crippen LogP contribution in [0, 0.1) is 19.8 Å². The van der Waals surface area contributed by atoms with E-state index in [1.807, 2.05) is 42.6 Å². The second-order valence-corrected chi connectivity index (χ2v) is 9.63. The maximum absolute atomic E-state index is 12.7. The molecule has 2 fully saturated rings. The fraction of sp³-hybridized carbons (Fsp3) is 0.619. The summed E-state index contributed by atoms with van der Waals surface area (Å²) in [6, 6.07) is 6.02.